The number of carbonyl (C=O) groups is 1. The molecule has 0 spiro atoms. The molecule has 1 aromatic heterocycles. The molecule has 1 aliphatic rings. The number of carboxylic acid groups (broad SMARTS) is 1. The van der Waals surface area contributed by atoms with E-state index in [-0.39, 0.29) is 11.1 Å². The van der Waals surface area contributed by atoms with Crippen molar-refractivity contribution in [1.82, 2.24) is 4.98 Å². The highest BCUT2D eigenvalue weighted by molar-refractivity contribution is 5.87. The number of nitrogens with zero attached hydrogens (tertiary/aromatic N) is 2. The van der Waals surface area contributed by atoms with Crippen LogP contribution in [0.3, 0.4) is 0 Å². The van der Waals surface area contributed by atoms with Crippen molar-refractivity contribution in [2.24, 2.45) is 0 Å². The van der Waals surface area contributed by atoms with Gasteiger partial charge in [0.2, 0.25) is 0 Å². The lowest BCUT2D eigenvalue weighted by Gasteiger charge is -2.29. The van der Waals surface area contributed by atoms with Crippen LogP contribution in [0.5, 0.6) is 0 Å². The Morgan fingerprint density at radius 3 is 2.38 bits per heavy atom. The summed E-state index contributed by atoms with van der Waals surface area (Å²) >= 11 is 0. The van der Waals surface area contributed by atoms with Crippen molar-refractivity contribution in [3.8, 4) is 0 Å². The Balaban J connectivity index is 1.71. The van der Waals surface area contributed by atoms with Gasteiger partial charge in [-0.15, -0.1) is 0 Å². The van der Waals surface area contributed by atoms with Gasteiger partial charge in [0.15, 0.2) is 0 Å². The van der Waals surface area contributed by atoms with E-state index in [1.807, 2.05) is 4.90 Å². The Morgan fingerprint density at radius 1 is 1.12 bits per heavy atom. The van der Waals surface area contributed by atoms with Crippen LogP contribution in [0.4, 0.5) is 19.0 Å². The molecule has 1 N–H and O–H groups in total. The number of benzene rings is 1. The van der Waals surface area contributed by atoms with Gasteiger partial charge in [-0.3, -0.25) is 0 Å². The number of halogens is 3. The van der Waals surface area contributed by atoms with Crippen LogP contribution in [0.15, 0.2) is 48.2 Å². The Kier molecular flexibility index (Phi) is 4.97. The lowest BCUT2D eigenvalue weighted by molar-refractivity contribution is -0.137. The number of alkyl halides is 3. The first-order chi connectivity index (χ1) is 12.3. The molecule has 0 unspecified atom stereocenters. The number of carboxylic acids is 1. The van der Waals surface area contributed by atoms with Crippen molar-refractivity contribution >= 4 is 17.9 Å². The molecule has 1 saturated heterocycles. The SMILES string of the molecule is O=C(O)c1ccc(N2CCC(=Cc3ccccc3C(F)(F)F)CC2)nc1. The zero-order chi connectivity index (χ0) is 18.7. The van der Waals surface area contributed by atoms with Crippen LogP contribution in [-0.2, 0) is 6.18 Å². The van der Waals surface area contributed by atoms with E-state index in [0.29, 0.717) is 31.7 Å². The van der Waals surface area contributed by atoms with Crippen LogP contribution in [0, 0.1) is 0 Å². The summed E-state index contributed by atoms with van der Waals surface area (Å²) in [6.07, 6.45) is -0.170. The first kappa shape index (κ1) is 18.0. The molecule has 7 heteroatoms. The van der Waals surface area contributed by atoms with Gasteiger partial charge in [-0.25, -0.2) is 9.78 Å². The van der Waals surface area contributed by atoms with Gasteiger partial charge in [-0.1, -0.05) is 29.8 Å². The van der Waals surface area contributed by atoms with Crippen molar-refractivity contribution in [3.05, 3.63) is 64.9 Å². The molecule has 1 aliphatic heterocycles. The van der Waals surface area contributed by atoms with Gasteiger partial charge in [-0.05, 0) is 36.6 Å². The lowest BCUT2D eigenvalue weighted by atomic mass is 9.98. The standard InChI is InChI=1S/C19H17F3N2O2/c20-19(21,22)16-4-2-1-3-14(16)11-13-7-9-24(10-8-13)17-6-5-15(12-23-17)18(25)26/h1-6,11-12H,7-10H2,(H,25,26). The quantitative estimate of drug-likeness (QED) is 0.875. The van der Waals surface area contributed by atoms with E-state index in [0.717, 1.165) is 11.6 Å². The van der Waals surface area contributed by atoms with Gasteiger partial charge < -0.3 is 10.0 Å². The Morgan fingerprint density at radius 2 is 1.81 bits per heavy atom. The number of aromatic carboxylic acids is 1. The first-order valence-electron chi connectivity index (χ1n) is 8.14. The number of aromatic nitrogens is 1. The summed E-state index contributed by atoms with van der Waals surface area (Å²) in [6, 6.07) is 8.71. The fraction of sp³-hybridized carbons (Fsp3) is 0.263. The predicted molar refractivity (Wildman–Crippen MR) is 92.1 cm³/mol. The largest absolute Gasteiger partial charge is 0.478 e. The summed E-state index contributed by atoms with van der Waals surface area (Å²) in [4.78, 5) is 17.0. The van der Waals surface area contributed by atoms with Gasteiger partial charge in [0.05, 0.1) is 11.1 Å². The average molecular weight is 362 g/mol. The van der Waals surface area contributed by atoms with E-state index in [9.17, 15) is 18.0 Å². The second-order valence-corrected chi connectivity index (χ2v) is 6.08. The molecule has 1 aromatic carbocycles. The summed E-state index contributed by atoms with van der Waals surface area (Å²) in [5, 5.41) is 8.90. The van der Waals surface area contributed by atoms with Crippen molar-refractivity contribution in [2.75, 3.05) is 18.0 Å². The van der Waals surface area contributed by atoms with Gasteiger partial charge in [0.25, 0.3) is 0 Å². The van der Waals surface area contributed by atoms with E-state index < -0.39 is 17.7 Å². The minimum absolute atomic E-state index is 0.120. The fourth-order valence-electron chi connectivity index (χ4n) is 2.97. The molecular weight excluding hydrogens is 345 g/mol. The van der Waals surface area contributed by atoms with Crippen molar-refractivity contribution in [3.63, 3.8) is 0 Å². The van der Waals surface area contributed by atoms with Crippen LogP contribution in [-0.4, -0.2) is 29.1 Å². The second kappa shape index (κ2) is 7.19. The van der Waals surface area contributed by atoms with Crippen molar-refractivity contribution < 1.29 is 23.1 Å². The Bertz CT molecular complexity index is 819. The molecule has 4 nitrogen and oxygen atoms in total. The molecule has 3 rings (SSSR count). The third kappa shape index (κ3) is 4.04. The van der Waals surface area contributed by atoms with Crippen LogP contribution in [0.2, 0.25) is 0 Å². The van der Waals surface area contributed by atoms with Crippen molar-refractivity contribution in [1.29, 1.82) is 0 Å². The van der Waals surface area contributed by atoms with Gasteiger partial charge >= 0.3 is 12.1 Å². The zero-order valence-electron chi connectivity index (χ0n) is 13.8. The lowest BCUT2D eigenvalue weighted by Crippen LogP contribution is -2.31. The molecule has 2 aromatic rings. The smallest absolute Gasteiger partial charge is 0.416 e. The highest BCUT2D eigenvalue weighted by atomic mass is 19.4. The number of hydrogen-bond acceptors (Lipinski definition) is 3. The van der Waals surface area contributed by atoms with E-state index in [1.165, 1.54) is 24.4 Å². The summed E-state index contributed by atoms with van der Waals surface area (Å²) in [5.41, 5.74) is 0.642. The maximum atomic E-state index is 13.1. The number of rotatable bonds is 3. The van der Waals surface area contributed by atoms with E-state index in [4.69, 9.17) is 5.11 Å². The maximum Gasteiger partial charge on any atom is 0.416 e. The first-order valence-corrected chi connectivity index (χ1v) is 8.14. The van der Waals surface area contributed by atoms with Gasteiger partial charge in [0, 0.05) is 19.3 Å². The van der Waals surface area contributed by atoms with Crippen molar-refractivity contribution in [2.45, 2.75) is 19.0 Å². The molecule has 26 heavy (non-hydrogen) atoms. The molecular formula is C19H17F3N2O2. The van der Waals surface area contributed by atoms with Gasteiger partial charge in [0.1, 0.15) is 5.82 Å². The van der Waals surface area contributed by atoms with E-state index in [1.54, 1.807) is 18.2 Å². The zero-order valence-corrected chi connectivity index (χ0v) is 13.8. The predicted octanol–water partition coefficient (Wildman–Crippen LogP) is 4.48. The molecule has 0 bridgehead atoms. The topological polar surface area (TPSA) is 53.4 Å². The van der Waals surface area contributed by atoms with Crippen LogP contribution >= 0.6 is 0 Å². The average Bonchev–Trinajstić information content (AvgIpc) is 2.62. The fourth-order valence-corrected chi connectivity index (χ4v) is 2.97. The third-order valence-corrected chi connectivity index (χ3v) is 4.35. The second-order valence-electron chi connectivity index (χ2n) is 6.08. The van der Waals surface area contributed by atoms with Gasteiger partial charge in [-0.2, -0.15) is 13.2 Å². The van der Waals surface area contributed by atoms with Crippen LogP contribution in [0.25, 0.3) is 6.08 Å². The molecule has 0 radical (unpaired) electrons. The minimum Gasteiger partial charge on any atom is -0.478 e. The molecule has 1 fully saturated rings. The van der Waals surface area contributed by atoms with E-state index in [2.05, 4.69) is 4.98 Å². The number of anilines is 1. The molecule has 2 heterocycles. The third-order valence-electron chi connectivity index (χ3n) is 4.35. The normalized spacial score (nSPS) is 15.0. The summed E-state index contributed by atoms with van der Waals surface area (Å²) in [7, 11) is 0. The number of piperidine rings is 1. The van der Waals surface area contributed by atoms with Crippen LogP contribution in [0.1, 0.15) is 34.3 Å². The number of pyridine rings is 1. The number of hydrogen-bond donors (Lipinski definition) is 1. The summed E-state index contributed by atoms with van der Waals surface area (Å²) < 4.78 is 39.3. The Labute approximate surface area is 148 Å². The minimum atomic E-state index is -4.37. The van der Waals surface area contributed by atoms with E-state index >= 15 is 0 Å². The molecule has 0 atom stereocenters. The van der Waals surface area contributed by atoms with Crippen LogP contribution < -0.4 is 4.90 Å². The highest BCUT2D eigenvalue weighted by Gasteiger charge is 2.32. The Hall–Kier alpha value is -2.83. The molecule has 0 aliphatic carbocycles. The maximum absolute atomic E-state index is 13.1. The monoisotopic (exact) mass is 362 g/mol. The highest BCUT2D eigenvalue weighted by Crippen LogP contribution is 2.33. The summed E-state index contributed by atoms with van der Waals surface area (Å²) in [5.74, 6) is -0.360. The molecule has 136 valence electrons. The molecule has 0 saturated carbocycles. The summed E-state index contributed by atoms with van der Waals surface area (Å²) in [6.45, 7) is 1.25. The molecule has 0 amide bonds.